The lowest BCUT2D eigenvalue weighted by Crippen LogP contribution is -2.13. The van der Waals surface area contributed by atoms with E-state index in [-0.39, 0.29) is 11.1 Å². The number of amides is 1. The van der Waals surface area contributed by atoms with Gasteiger partial charge in [0, 0.05) is 11.3 Å². The first-order valence-corrected chi connectivity index (χ1v) is 7.06. The number of carbonyl (C=O) groups excluding carboxylic acids is 1. The van der Waals surface area contributed by atoms with Crippen molar-refractivity contribution in [1.29, 1.82) is 0 Å². The number of halogens is 3. The molecule has 0 aliphatic carbocycles. The molecule has 0 fully saturated rings. The van der Waals surface area contributed by atoms with Gasteiger partial charge >= 0.3 is 0 Å². The van der Waals surface area contributed by atoms with Crippen LogP contribution in [0.15, 0.2) is 30.3 Å². The maximum Gasteiger partial charge on any atom is 0.255 e. The van der Waals surface area contributed by atoms with Crippen LogP contribution >= 0.6 is 34.8 Å². The van der Waals surface area contributed by atoms with Gasteiger partial charge in [-0.15, -0.1) is 0 Å². The standard InChI is InChI=1S/C14H11Cl3N2O/c1-2-9-6-8(7-12(17)18-9)14(20)19-13-10(15)4-3-5-11(13)16/h3-7H,2H2,1H3,(H,19,20). The molecule has 1 aromatic carbocycles. The zero-order chi connectivity index (χ0) is 14.7. The number of nitrogens with zero attached hydrogens (tertiary/aromatic N) is 1. The van der Waals surface area contributed by atoms with E-state index in [0.29, 0.717) is 27.7 Å². The monoisotopic (exact) mass is 328 g/mol. The number of aryl methyl sites for hydroxylation is 1. The summed E-state index contributed by atoms with van der Waals surface area (Å²) in [7, 11) is 0. The minimum absolute atomic E-state index is 0.278. The third kappa shape index (κ3) is 3.42. The molecule has 1 N–H and O–H groups in total. The first kappa shape index (κ1) is 15.1. The highest BCUT2D eigenvalue weighted by Gasteiger charge is 2.13. The molecular formula is C14H11Cl3N2O. The molecule has 2 aromatic rings. The molecule has 0 atom stereocenters. The number of para-hydroxylation sites is 1. The molecule has 0 saturated heterocycles. The van der Waals surface area contributed by atoms with Crippen molar-refractivity contribution in [3.05, 3.63) is 56.8 Å². The average Bonchev–Trinajstić information content (AvgIpc) is 2.42. The van der Waals surface area contributed by atoms with Crippen molar-refractivity contribution in [3.63, 3.8) is 0 Å². The third-order valence-corrected chi connectivity index (χ3v) is 3.50. The van der Waals surface area contributed by atoms with E-state index in [9.17, 15) is 4.79 Å². The van der Waals surface area contributed by atoms with Crippen LogP contribution in [-0.2, 0) is 6.42 Å². The van der Waals surface area contributed by atoms with Gasteiger partial charge in [0.1, 0.15) is 5.15 Å². The van der Waals surface area contributed by atoms with Gasteiger partial charge in [-0.2, -0.15) is 0 Å². The highest BCUT2D eigenvalue weighted by molar-refractivity contribution is 6.40. The predicted octanol–water partition coefficient (Wildman–Crippen LogP) is 4.86. The Labute approximate surface area is 131 Å². The highest BCUT2D eigenvalue weighted by Crippen LogP contribution is 2.30. The molecule has 0 aliphatic heterocycles. The molecule has 0 aliphatic rings. The van der Waals surface area contributed by atoms with E-state index in [1.165, 1.54) is 6.07 Å². The Morgan fingerprint density at radius 2 is 1.85 bits per heavy atom. The third-order valence-electron chi connectivity index (χ3n) is 2.67. The summed E-state index contributed by atoms with van der Waals surface area (Å²) >= 11 is 17.9. The molecule has 0 saturated carbocycles. The quantitative estimate of drug-likeness (QED) is 0.817. The van der Waals surface area contributed by atoms with Gasteiger partial charge in [-0.05, 0) is 30.7 Å². The summed E-state index contributed by atoms with van der Waals surface area (Å²) in [5, 5.41) is 3.71. The highest BCUT2D eigenvalue weighted by atomic mass is 35.5. The van der Waals surface area contributed by atoms with Crippen molar-refractivity contribution in [2.45, 2.75) is 13.3 Å². The van der Waals surface area contributed by atoms with Crippen LogP contribution in [0.5, 0.6) is 0 Å². The van der Waals surface area contributed by atoms with Crippen molar-refractivity contribution in [1.82, 2.24) is 4.98 Å². The van der Waals surface area contributed by atoms with E-state index in [1.54, 1.807) is 24.3 Å². The molecule has 1 heterocycles. The number of benzene rings is 1. The van der Waals surface area contributed by atoms with E-state index in [1.807, 2.05) is 6.92 Å². The summed E-state index contributed by atoms with van der Waals surface area (Å²) in [5.74, 6) is -0.334. The summed E-state index contributed by atoms with van der Waals surface area (Å²) in [6.07, 6.45) is 0.688. The molecule has 0 spiro atoms. The van der Waals surface area contributed by atoms with Crippen molar-refractivity contribution in [2.24, 2.45) is 0 Å². The molecule has 3 nitrogen and oxygen atoms in total. The second-order valence-electron chi connectivity index (χ2n) is 4.07. The smallest absolute Gasteiger partial charge is 0.255 e. The Bertz CT molecular complexity index is 639. The Morgan fingerprint density at radius 1 is 1.20 bits per heavy atom. The Kier molecular flexibility index (Phi) is 4.86. The zero-order valence-corrected chi connectivity index (χ0v) is 12.9. The lowest BCUT2D eigenvalue weighted by Gasteiger charge is -2.10. The Hall–Kier alpha value is -1.29. The summed E-state index contributed by atoms with van der Waals surface area (Å²) in [6.45, 7) is 1.94. The first-order valence-electron chi connectivity index (χ1n) is 5.93. The SMILES string of the molecule is CCc1cc(C(=O)Nc2c(Cl)cccc2Cl)cc(Cl)n1. The average molecular weight is 330 g/mol. The molecule has 2 rings (SSSR count). The van der Waals surface area contributed by atoms with Gasteiger partial charge in [-0.25, -0.2) is 4.98 Å². The van der Waals surface area contributed by atoms with Gasteiger partial charge < -0.3 is 5.32 Å². The van der Waals surface area contributed by atoms with Crippen LogP contribution in [0, 0.1) is 0 Å². The number of aromatic nitrogens is 1. The van der Waals surface area contributed by atoms with Crippen molar-refractivity contribution in [3.8, 4) is 0 Å². The van der Waals surface area contributed by atoms with Crippen LogP contribution in [0.4, 0.5) is 5.69 Å². The lowest BCUT2D eigenvalue weighted by atomic mass is 10.2. The fourth-order valence-corrected chi connectivity index (χ4v) is 2.38. The number of pyridine rings is 1. The van der Waals surface area contributed by atoms with Gasteiger partial charge in [-0.1, -0.05) is 47.8 Å². The first-order chi connectivity index (χ1) is 9.51. The number of hydrogen-bond acceptors (Lipinski definition) is 2. The summed E-state index contributed by atoms with van der Waals surface area (Å²) in [6, 6.07) is 8.20. The maximum atomic E-state index is 12.2. The normalized spacial score (nSPS) is 10.4. The largest absolute Gasteiger partial charge is 0.319 e. The minimum Gasteiger partial charge on any atom is -0.319 e. The van der Waals surface area contributed by atoms with Crippen LogP contribution < -0.4 is 5.32 Å². The van der Waals surface area contributed by atoms with E-state index in [2.05, 4.69) is 10.3 Å². The maximum absolute atomic E-state index is 12.2. The van der Waals surface area contributed by atoms with Gasteiger partial charge in [0.05, 0.1) is 15.7 Å². The Morgan fingerprint density at radius 3 is 2.45 bits per heavy atom. The van der Waals surface area contributed by atoms with Gasteiger partial charge in [0.25, 0.3) is 5.91 Å². The fraction of sp³-hybridized carbons (Fsp3) is 0.143. The van der Waals surface area contributed by atoms with Crippen molar-refractivity contribution < 1.29 is 4.79 Å². The van der Waals surface area contributed by atoms with Crippen LogP contribution in [-0.4, -0.2) is 10.9 Å². The second-order valence-corrected chi connectivity index (χ2v) is 5.28. The minimum atomic E-state index is -0.334. The second kappa shape index (κ2) is 6.44. The van der Waals surface area contributed by atoms with Gasteiger partial charge in [0.2, 0.25) is 0 Å². The van der Waals surface area contributed by atoms with Gasteiger partial charge in [-0.3, -0.25) is 4.79 Å². The molecule has 20 heavy (non-hydrogen) atoms. The van der Waals surface area contributed by atoms with E-state index in [0.717, 1.165) is 5.69 Å². The fourth-order valence-electron chi connectivity index (χ4n) is 1.67. The van der Waals surface area contributed by atoms with Crippen LogP contribution in [0.2, 0.25) is 15.2 Å². The molecule has 1 aromatic heterocycles. The molecule has 0 bridgehead atoms. The zero-order valence-electron chi connectivity index (χ0n) is 10.6. The molecule has 0 unspecified atom stereocenters. The number of carbonyl (C=O) groups is 1. The van der Waals surface area contributed by atoms with Crippen molar-refractivity contribution in [2.75, 3.05) is 5.32 Å². The summed E-state index contributed by atoms with van der Waals surface area (Å²) in [5.41, 5.74) is 1.54. The molecule has 1 amide bonds. The number of nitrogens with one attached hydrogen (secondary N) is 1. The predicted molar refractivity (Wildman–Crippen MR) is 83.0 cm³/mol. The molecular weight excluding hydrogens is 319 g/mol. The number of rotatable bonds is 3. The van der Waals surface area contributed by atoms with Crippen molar-refractivity contribution >= 4 is 46.4 Å². The van der Waals surface area contributed by atoms with Gasteiger partial charge in [0.15, 0.2) is 0 Å². The van der Waals surface area contributed by atoms with Crippen LogP contribution in [0.1, 0.15) is 23.0 Å². The topological polar surface area (TPSA) is 42.0 Å². The molecule has 104 valence electrons. The Balaban J connectivity index is 2.31. The molecule has 0 radical (unpaired) electrons. The number of hydrogen-bond donors (Lipinski definition) is 1. The lowest BCUT2D eigenvalue weighted by molar-refractivity contribution is 0.102. The summed E-state index contributed by atoms with van der Waals surface area (Å²) in [4.78, 5) is 16.3. The van der Waals surface area contributed by atoms with E-state index in [4.69, 9.17) is 34.8 Å². The van der Waals surface area contributed by atoms with Crippen LogP contribution in [0.25, 0.3) is 0 Å². The van der Waals surface area contributed by atoms with E-state index < -0.39 is 0 Å². The summed E-state index contributed by atoms with van der Waals surface area (Å²) < 4.78 is 0. The number of anilines is 1. The molecule has 6 heteroatoms. The van der Waals surface area contributed by atoms with Crippen LogP contribution in [0.3, 0.4) is 0 Å². The van der Waals surface area contributed by atoms with E-state index >= 15 is 0 Å².